The third-order valence-corrected chi connectivity index (χ3v) is 5.79. The molecule has 0 radical (unpaired) electrons. The molecule has 19 heavy (non-hydrogen) atoms. The van der Waals surface area contributed by atoms with Gasteiger partial charge in [0.2, 0.25) is 0 Å². The fraction of sp³-hybridized carbons (Fsp3) is 0.333. The summed E-state index contributed by atoms with van der Waals surface area (Å²) in [5, 5.41) is 0. The van der Waals surface area contributed by atoms with E-state index in [4.69, 9.17) is 0 Å². The smallest absolute Gasteiger partial charge is 0.0242 e. The van der Waals surface area contributed by atoms with E-state index in [0.29, 0.717) is 0 Å². The first-order valence-electron chi connectivity index (χ1n) is 6.89. The van der Waals surface area contributed by atoms with Gasteiger partial charge in [0.15, 0.2) is 0 Å². The van der Waals surface area contributed by atoms with E-state index >= 15 is 0 Å². The highest BCUT2D eigenvalue weighted by Crippen LogP contribution is 2.43. The number of hydrogen-bond donors (Lipinski definition) is 0. The van der Waals surface area contributed by atoms with Gasteiger partial charge in [0.05, 0.1) is 0 Å². The van der Waals surface area contributed by atoms with Crippen LogP contribution in [-0.4, -0.2) is 0 Å². The highest BCUT2D eigenvalue weighted by atomic mass is 79.9. The Morgan fingerprint density at radius 3 is 2.32 bits per heavy atom. The summed E-state index contributed by atoms with van der Waals surface area (Å²) in [6, 6.07) is 6.70. The molecular weight excluding hydrogens is 296 g/mol. The van der Waals surface area contributed by atoms with E-state index in [2.05, 4.69) is 61.8 Å². The second-order valence-corrected chi connectivity index (χ2v) is 6.44. The van der Waals surface area contributed by atoms with E-state index in [1.807, 2.05) is 0 Å². The van der Waals surface area contributed by atoms with Gasteiger partial charge >= 0.3 is 0 Å². The van der Waals surface area contributed by atoms with Crippen molar-refractivity contribution in [2.24, 2.45) is 0 Å². The van der Waals surface area contributed by atoms with Crippen molar-refractivity contribution in [3.8, 4) is 11.1 Å². The molecule has 0 N–H and O–H groups in total. The van der Waals surface area contributed by atoms with Crippen LogP contribution in [-0.2, 0) is 12.8 Å². The van der Waals surface area contributed by atoms with Crippen molar-refractivity contribution >= 4 is 15.9 Å². The summed E-state index contributed by atoms with van der Waals surface area (Å²) in [7, 11) is 0. The molecule has 0 bridgehead atoms. The van der Waals surface area contributed by atoms with Crippen LogP contribution in [0.2, 0.25) is 0 Å². The lowest BCUT2D eigenvalue weighted by atomic mass is 9.78. The van der Waals surface area contributed by atoms with Gasteiger partial charge in [-0.15, -0.1) is 0 Å². The summed E-state index contributed by atoms with van der Waals surface area (Å²) in [4.78, 5) is 0. The van der Waals surface area contributed by atoms with Gasteiger partial charge in [-0.2, -0.15) is 0 Å². The first-order valence-corrected chi connectivity index (χ1v) is 7.68. The van der Waals surface area contributed by atoms with Crippen molar-refractivity contribution in [2.75, 3.05) is 0 Å². The average molecular weight is 315 g/mol. The molecule has 0 heterocycles. The number of rotatable bonds is 0. The molecule has 0 unspecified atom stereocenters. The summed E-state index contributed by atoms with van der Waals surface area (Å²) in [5.74, 6) is 0. The van der Waals surface area contributed by atoms with E-state index in [0.717, 1.165) is 0 Å². The number of halogens is 1. The maximum Gasteiger partial charge on any atom is 0.0242 e. The van der Waals surface area contributed by atoms with Crippen LogP contribution in [0.5, 0.6) is 0 Å². The molecule has 2 aromatic carbocycles. The van der Waals surface area contributed by atoms with Gasteiger partial charge in [0.25, 0.3) is 0 Å². The molecule has 0 saturated carbocycles. The van der Waals surface area contributed by atoms with Crippen molar-refractivity contribution in [3.05, 3.63) is 56.1 Å². The van der Waals surface area contributed by atoms with Crippen LogP contribution in [0.1, 0.15) is 33.4 Å². The number of fused-ring (bicyclic) bond motifs is 3. The lowest BCUT2D eigenvalue weighted by Crippen LogP contribution is -2.10. The zero-order valence-corrected chi connectivity index (χ0v) is 13.6. The van der Waals surface area contributed by atoms with Gasteiger partial charge in [-0.05, 0) is 85.0 Å². The Balaban J connectivity index is 2.45. The molecule has 0 atom stereocenters. The van der Waals surface area contributed by atoms with Gasteiger partial charge in [-0.3, -0.25) is 0 Å². The fourth-order valence-corrected chi connectivity index (χ4v) is 3.90. The van der Waals surface area contributed by atoms with E-state index in [1.165, 1.54) is 56.3 Å². The Hall–Kier alpha value is -1.08. The first kappa shape index (κ1) is 12.9. The van der Waals surface area contributed by atoms with Gasteiger partial charge in [0.1, 0.15) is 0 Å². The second-order valence-electron chi connectivity index (χ2n) is 5.65. The van der Waals surface area contributed by atoms with Crippen LogP contribution in [0.4, 0.5) is 0 Å². The molecule has 0 fully saturated rings. The van der Waals surface area contributed by atoms with Crippen LogP contribution in [0.25, 0.3) is 11.1 Å². The van der Waals surface area contributed by atoms with E-state index in [9.17, 15) is 0 Å². The third kappa shape index (κ3) is 1.79. The minimum atomic E-state index is 1.17. The maximum atomic E-state index is 3.79. The van der Waals surface area contributed by atoms with Crippen molar-refractivity contribution in [1.29, 1.82) is 0 Å². The summed E-state index contributed by atoms with van der Waals surface area (Å²) in [6.45, 7) is 8.97. The SMILES string of the molecule is Cc1cccc2c1-c1c(C)c(Br)c(C)c(C)c1CC2. The quantitative estimate of drug-likeness (QED) is 0.606. The van der Waals surface area contributed by atoms with E-state index < -0.39 is 0 Å². The largest absolute Gasteiger partial charge is 0.0617 e. The Kier molecular flexibility index (Phi) is 3.05. The highest BCUT2D eigenvalue weighted by Gasteiger charge is 2.23. The second kappa shape index (κ2) is 4.49. The van der Waals surface area contributed by atoms with Crippen molar-refractivity contribution in [3.63, 3.8) is 0 Å². The summed E-state index contributed by atoms with van der Waals surface area (Å²) < 4.78 is 1.28. The van der Waals surface area contributed by atoms with Crippen LogP contribution in [0.3, 0.4) is 0 Å². The minimum Gasteiger partial charge on any atom is -0.0617 e. The molecule has 1 heteroatoms. The molecule has 0 amide bonds. The lowest BCUT2D eigenvalue weighted by molar-refractivity contribution is 0.919. The number of aryl methyl sites for hydroxylation is 2. The normalized spacial score (nSPS) is 13.1. The predicted molar refractivity (Wildman–Crippen MR) is 85.9 cm³/mol. The van der Waals surface area contributed by atoms with Gasteiger partial charge in [-0.1, -0.05) is 34.1 Å². The van der Waals surface area contributed by atoms with Gasteiger partial charge in [-0.25, -0.2) is 0 Å². The van der Waals surface area contributed by atoms with Crippen LogP contribution >= 0.6 is 15.9 Å². The lowest BCUT2D eigenvalue weighted by Gasteiger charge is -2.27. The fourth-order valence-electron chi connectivity index (χ4n) is 3.40. The molecule has 0 saturated heterocycles. The van der Waals surface area contributed by atoms with Crippen LogP contribution in [0.15, 0.2) is 22.7 Å². The molecule has 2 aromatic rings. The molecule has 0 aliphatic heterocycles. The standard InChI is InChI=1S/C18H19Br/c1-10-6-5-7-14-8-9-15-11(2)12(3)18(19)13(4)17(15)16(10)14/h5-7H,8-9H2,1-4H3. The first-order chi connectivity index (χ1) is 9.02. The molecule has 0 aromatic heterocycles. The molecule has 0 nitrogen and oxygen atoms in total. The van der Waals surface area contributed by atoms with Gasteiger partial charge < -0.3 is 0 Å². The molecule has 3 rings (SSSR count). The minimum absolute atomic E-state index is 1.17. The zero-order valence-electron chi connectivity index (χ0n) is 12.0. The number of hydrogen-bond acceptors (Lipinski definition) is 0. The number of benzene rings is 2. The van der Waals surface area contributed by atoms with E-state index in [1.54, 1.807) is 5.56 Å². The Morgan fingerprint density at radius 2 is 1.58 bits per heavy atom. The third-order valence-electron chi connectivity index (χ3n) is 4.60. The van der Waals surface area contributed by atoms with Crippen LogP contribution < -0.4 is 0 Å². The van der Waals surface area contributed by atoms with Crippen molar-refractivity contribution in [2.45, 2.75) is 40.5 Å². The Morgan fingerprint density at radius 1 is 0.842 bits per heavy atom. The molecule has 1 aliphatic rings. The van der Waals surface area contributed by atoms with Gasteiger partial charge in [0, 0.05) is 4.47 Å². The van der Waals surface area contributed by atoms with E-state index in [-0.39, 0.29) is 0 Å². The molecule has 0 spiro atoms. The predicted octanol–water partition coefficient (Wildman–Crippen LogP) is 5.45. The molecule has 98 valence electrons. The molecule has 1 aliphatic carbocycles. The van der Waals surface area contributed by atoms with Crippen LogP contribution in [0, 0.1) is 27.7 Å². The average Bonchev–Trinajstić information content (AvgIpc) is 2.42. The summed E-state index contributed by atoms with van der Waals surface area (Å²) >= 11 is 3.79. The van der Waals surface area contributed by atoms with Crippen molar-refractivity contribution in [1.82, 2.24) is 0 Å². The monoisotopic (exact) mass is 314 g/mol. The molecular formula is C18H19Br. The Bertz CT molecular complexity index is 681. The summed E-state index contributed by atoms with van der Waals surface area (Å²) in [6.07, 6.45) is 2.35. The maximum absolute atomic E-state index is 3.79. The van der Waals surface area contributed by atoms with Crippen molar-refractivity contribution < 1.29 is 0 Å². The Labute approximate surface area is 124 Å². The summed E-state index contributed by atoms with van der Waals surface area (Å²) in [5.41, 5.74) is 11.7. The highest BCUT2D eigenvalue weighted by molar-refractivity contribution is 9.10. The topological polar surface area (TPSA) is 0 Å². The zero-order chi connectivity index (χ0) is 13.7.